The number of imidazole rings is 1. The lowest BCUT2D eigenvalue weighted by atomic mass is 10.0. The van der Waals surface area contributed by atoms with E-state index in [2.05, 4.69) is 34.1 Å². The Kier molecular flexibility index (Phi) is 16.4. The van der Waals surface area contributed by atoms with Gasteiger partial charge in [0.2, 0.25) is 0 Å². The first-order chi connectivity index (χ1) is 25.2. The normalized spacial score (nSPS) is 12.0. The van der Waals surface area contributed by atoms with Gasteiger partial charge in [-0.3, -0.25) is 0 Å². The summed E-state index contributed by atoms with van der Waals surface area (Å²) in [6.45, 7) is 16.8. The fraction of sp³-hybridized carbons (Fsp3) is 0.462. The van der Waals surface area contributed by atoms with Crippen molar-refractivity contribution in [2.24, 2.45) is 0 Å². The Morgan fingerprint density at radius 2 is 0.923 bits per heavy atom. The molecule has 0 aliphatic rings. The van der Waals surface area contributed by atoms with Crippen molar-refractivity contribution >= 4 is 23.3 Å². The molecule has 0 amide bonds. The molecule has 0 bridgehead atoms. The monoisotopic (exact) mass is 751 g/mol. The maximum atomic E-state index is 9.91. The molecule has 0 atom stereocenters. The molecule has 3 aromatic carbocycles. The van der Waals surface area contributed by atoms with Crippen LogP contribution in [0.5, 0.6) is 11.5 Å². The van der Waals surface area contributed by atoms with Crippen LogP contribution in [0.25, 0.3) is 33.9 Å². The Morgan fingerprint density at radius 3 is 1.33 bits per heavy atom. The Labute approximate surface area is 311 Å². The molecule has 13 heteroatoms. The molecule has 52 heavy (non-hydrogen) atoms. The number of hydrogen-bond acceptors (Lipinski definition) is 10. The van der Waals surface area contributed by atoms with E-state index in [9.17, 15) is 10.2 Å². The molecule has 1 heterocycles. The highest BCUT2D eigenvalue weighted by molar-refractivity contribution is 6.61. The molecule has 284 valence electrons. The van der Waals surface area contributed by atoms with Crippen LogP contribution in [0.1, 0.15) is 54.4 Å². The minimum absolute atomic E-state index is 0.189. The molecular formula is C39H57N3O8Si2. The zero-order valence-electron chi connectivity index (χ0n) is 31.7. The van der Waals surface area contributed by atoms with E-state index in [0.717, 1.165) is 71.8 Å². The molecule has 0 unspecified atom stereocenters. The van der Waals surface area contributed by atoms with Crippen LogP contribution in [-0.2, 0) is 26.6 Å². The van der Waals surface area contributed by atoms with Crippen molar-refractivity contribution in [3.05, 3.63) is 72.8 Å². The van der Waals surface area contributed by atoms with Crippen LogP contribution in [0.4, 0.5) is 5.69 Å². The van der Waals surface area contributed by atoms with Crippen molar-refractivity contribution in [1.82, 2.24) is 9.97 Å². The lowest BCUT2D eigenvalue weighted by molar-refractivity contribution is 0.0705. The lowest BCUT2D eigenvalue weighted by Crippen LogP contribution is -2.47. The zero-order chi connectivity index (χ0) is 37.4. The first-order valence-electron chi connectivity index (χ1n) is 18.6. The number of hydrogen-bond donors (Lipinski definition) is 3. The fourth-order valence-corrected chi connectivity index (χ4v) is 11.5. The second-order valence-electron chi connectivity index (χ2n) is 12.1. The standard InChI is InChI=1S/C39H57N3O8Si2/c1-7-45-51(46-8-2,47-9-3)29-13-27-42(28-14-30-52(48-10-4,49-11-5)50-12-6)34-21-15-33(16-22-34)39-40-37(31-17-23-35(43)24-18-31)38(41-39)32-19-25-36(44)26-20-32/h15-26,43-44H,7-14,27-30H2,1-6H3,(H,40,41). The van der Waals surface area contributed by atoms with Gasteiger partial charge in [0.1, 0.15) is 17.3 Å². The third kappa shape index (κ3) is 11.2. The van der Waals surface area contributed by atoms with E-state index in [1.165, 1.54) is 0 Å². The van der Waals surface area contributed by atoms with Crippen LogP contribution < -0.4 is 4.90 Å². The summed E-state index contributed by atoms with van der Waals surface area (Å²) < 4.78 is 36.9. The third-order valence-corrected chi connectivity index (χ3v) is 14.8. The van der Waals surface area contributed by atoms with Gasteiger partial charge in [0.05, 0.1) is 11.4 Å². The van der Waals surface area contributed by atoms with E-state index in [1.54, 1.807) is 24.3 Å². The summed E-state index contributed by atoms with van der Waals surface area (Å²) >= 11 is 0. The maximum Gasteiger partial charge on any atom is 0.500 e. The number of rotatable bonds is 24. The summed E-state index contributed by atoms with van der Waals surface area (Å²) in [4.78, 5) is 10.9. The Bertz CT molecular complexity index is 1470. The van der Waals surface area contributed by atoms with Gasteiger partial charge in [0.25, 0.3) is 0 Å². The van der Waals surface area contributed by atoms with E-state index in [0.29, 0.717) is 45.5 Å². The van der Waals surface area contributed by atoms with Crippen LogP contribution in [-0.4, -0.2) is 90.5 Å². The summed E-state index contributed by atoms with van der Waals surface area (Å²) in [5.41, 5.74) is 5.34. The highest BCUT2D eigenvalue weighted by Crippen LogP contribution is 2.35. The summed E-state index contributed by atoms with van der Waals surface area (Å²) in [5, 5.41) is 19.8. The Morgan fingerprint density at radius 1 is 0.538 bits per heavy atom. The molecule has 0 spiro atoms. The Hall–Kier alpha value is -3.54. The largest absolute Gasteiger partial charge is 0.508 e. The average molecular weight is 752 g/mol. The van der Waals surface area contributed by atoms with E-state index in [-0.39, 0.29) is 11.5 Å². The van der Waals surface area contributed by atoms with Crippen molar-refractivity contribution in [1.29, 1.82) is 0 Å². The molecule has 0 saturated heterocycles. The molecule has 4 aromatic rings. The van der Waals surface area contributed by atoms with Gasteiger partial charge >= 0.3 is 17.6 Å². The number of aromatic nitrogens is 2. The quantitative estimate of drug-likeness (QED) is 0.0600. The number of phenolic OH excluding ortho intramolecular Hbond substituents is 2. The van der Waals surface area contributed by atoms with E-state index >= 15 is 0 Å². The molecule has 0 aliphatic heterocycles. The summed E-state index contributed by atoms with van der Waals surface area (Å²) in [6.07, 6.45) is 1.67. The minimum atomic E-state index is -2.80. The summed E-state index contributed by atoms with van der Waals surface area (Å²) in [6, 6.07) is 23.9. The van der Waals surface area contributed by atoms with Crippen molar-refractivity contribution in [3.63, 3.8) is 0 Å². The average Bonchev–Trinajstić information content (AvgIpc) is 3.58. The van der Waals surface area contributed by atoms with Crippen LogP contribution in [0.3, 0.4) is 0 Å². The molecule has 1 aromatic heterocycles. The van der Waals surface area contributed by atoms with Gasteiger partial charge in [-0.1, -0.05) is 0 Å². The molecule has 0 fully saturated rings. The SMILES string of the molecule is CCO[Si](CCCN(CCC[Si](OCC)(OCC)OCC)c1ccc(-c2nc(-c3ccc(O)cc3)c(-c3ccc(O)cc3)[nH]2)cc1)(OCC)OCC. The predicted molar refractivity (Wildman–Crippen MR) is 211 cm³/mol. The van der Waals surface area contributed by atoms with Gasteiger partial charge in [0.15, 0.2) is 0 Å². The van der Waals surface area contributed by atoms with Crippen LogP contribution >= 0.6 is 0 Å². The second-order valence-corrected chi connectivity index (χ2v) is 17.6. The van der Waals surface area contributed by atoms with Gasteiger partial charge in [0, 0.05) is 87.2 Å². The van der Waals surface area contributed by atoms with Gasteiger partial charge in [-0.25, -0.2) is 4.98 Å². The molecule has 4 rings (SSSR count). The molecule has 0 aliphatic carbocycles. The number of aromatic amines is 1. The van der Waals surface area contributed by atoms with Crippen LogP contribution in [0.15, 0.2) is 72.8 Å². The highest BCUT2D eigenvalue weighted by Gasteiger charge is 2.41. The number of H-pyrrole nitrogens is 1. The third-order valence-electron chi connectivity index (χ3n) is 8.51. The second kappa shape index (κ2) is 20.6. The number of nitrogens with one attached hydrogen (secondary N) is 1. The van der Waals surface area contributed by atoms with E-state index in [1.807, 2.05) is 65.8 Å². The number of benzene rings is 3. The summed E-state index contributed by atoms with van der Waals surface area (Å²) in [7, 11) is -5.59. The smallest absolute Gasteiger partial charge is 0.500 e. The van der Waals surface area contributed by atoms with Crippen molar-refractivity contribution < 1.29 is 36.8 Å². The fourth-order valence-electron chi connectivity index (χ4n) is 6.35. The van der Waals surface area contributed by atoms with E-state index in [4.69, 9.17) is 31.5 Å². The molecule has 11 nitrogen and oxygen atoms in total. The number of anilines is 1. The van der Waals surface area contributed by atoms with Gasteiger partial charge in [-0.15, -0.1) is 0 Å². The molecule has 3 N–H and O–H groups in total. The van der Waals surface area contributed by atoms with Crippen molar-refractivity contribution in [2.75, 3.05) is 57.6 Å². The minimum Gasteiger partial charge on any atom is -0.508 e. The predicted octanol–water partition coefficient (Wildman–Crippen LogP) is 8.51. The van der Waals surface area contributed by atoms with Crippen molar-refractivity contribution in [3.8, 4) is 45.4 Å². The number of phenols is 2. The van der Waals surface area contributed by atoms with Gasteiger partial charge in [-0.05, 0) is 127 Å². The first-order valence-corrected chi connectivity index (χ1v) is 22.5. The highest BCUT2D eigenvalue weighted by atomic mass is 28.4. The number of aromatic hydroxyl groups is 2. The van der Waals surface area contributed by atoms with Crippen molar-refractivity contribution in [2.45, 2.75) is 66.5 Å². The molecular weight excluding hydrogens is 695 g/mol. The van der Waals surface area contributed by atoms with Gasteiger partial charge in [-0.2, -0.15) is 0 Å². The molecule has 0 saturated carbocycles. The van der Waals surface area contributed by atoms with E-state index < -0.39 is 17.6 Å². The van der Waals surface area contributed by atoms with Crippen LogP contribution in [0, 0.1) is 0 Å². The lowest BCUT2D eigenvalue weighted by Gasteiger charge is -2.32. The first kappa shape index (κ1) is 41.2. The number of nitrogens with zero attached hydrogens (tertiary/aromatic N) is 2. The Balaban J connectivity index is 1.62. The zero-order valence-corrected chi connectivity index (χ0v) is 33.7. The summed E-state index contributed by atoms with van der Waals surface area (Å²) in [5.74, 6) is 1.10. The van der Waals surface area contributed by atoms with Crippen LogP contribution in [0.2, 0.25) is 12.1 Å². The molecule has 0 radical (unpaired) electrons. The maximum absolute atomic E-state index is 9.91. The topological polar surface area (TPSA) is 128 Å². The van der Waals surface area contributed by atoms with Gasteiger partial charge < -0.3 is 46.7 Å².